The van der Waals surface area contributed by atoms with Crippen LogP contribution >= 0.6 is 0 Å². The Bertz CT molecular complexity index is 165. The smallest absolute Gasteiger partial charge is 0.307 e. The van der Waals surface area contributed by atoms with Crippen LogP contribution in [0, 0.1) is 11.8 Å². The van der Waals surface area contributed by atoms with Gasteiger partial charge in [0.25, 0.3) is 0 Å². The lowest BCUT2D eigenvalue weighted by atomic mass is 9.80. The molecule has 1 N–H and O–H groups in total. The zero-order valence-corrected chi connectivity index (χ0v) is 6.32. The highest BCUT2D eigenvalue weighted by Gasteiger charge is 2.29. The average molecular weight is 156 g/mol. The van der Waals surface area contributed by atoms with Crippen LogP contribution in [0.3, 0.4) is 0 Å². The number of carboxylic acids is 1. The molecule has 0 bridgehead atoms. The van der Waals surface area contributed by atoms with Gasteiger partial charge >= 0.3 is 5.97 Å². The van der Waals surface area contributed by atoms with Gasteiger partial charge in [-0.3, -0.25) is 4.79 Å². The second-order valence-corrected chi connectivity index (χ2v) is 3.03. The highest BCUT2D eigenvalue weighted by Crippen LogP contribution is 2.28. The minimum Gasteiger partial charge on any atom is -0.481 e. The summed E-state index contributed by atoms with van der Waals surface area (Å²) in [7, 11) is 0. The van der Waals surface area contributed by atoms with Crippen molar-refractivity contribution < 1.29 is 14.7 Å². The molecule has 1 aliphatic carbocycles. The summed E-state index contributed by atoms with van der Waals surface area (Å²) in [5, 5.41) is 8.68. The lowest BCUT2D eigenvalue weighted by Crippen LogP contribution is -2.27. The van der Waals surface area contributed by atoms with Crippen LogP contribution in [-0.4, -0.2) is 17.4 Å². The Morgan fingerprint density at radius 1 is 1.36 bits per heavy atom. The van der Waals surface area contributed by atoms with Crippen molar-refractivity contribution in [2.75, 3.05) is 0 Å². The van der Waals surface area contributed by atoms with Gasteiger partial charge in [-0.05, 0) is 12.8 Å². The van der Waals surface area contributed by atoms with Crippen LogP contribution in [0.2, 0.25) is 0 Å². The molecule has 11 heavy (non-hydrogen) atoms. The van der Waals surface area contributed by atoms with Gasteiger partial charge in [0.1, 0.15) is 6.29 Å². The van der Waals surface area contributed by atoms with E-state index in [1.165, 1.54) is 0 Å². The Morgan fingerprint density at radius 3 is 2.45 bits per heavy atom. The first kappa shape index (κ1) is 8.24. The van der Waals surface area contributed by atoms with E-state index in [4.69, 9.17) is 5.11 Å². The van der Waals surface area contributed by atoms with Crippen molar-refractivity contribution in [3.05, 3.63) is 0 Å². The monoisotopic (exact) mass is 156 g/mol. The van der Waals surface area contributed by atoms with E-state index >= 15 is 0 Å². The first-order valence-electron chi connectivity index (χ1n) is 3.94. The van der Waals surface area contributed by atoms with Crippen LogP contribution in [-0.2, 0) is 9.59 Å². The first-order chi connectivity index (χ1) is 5.25. The molecule has 0 aliphatic heterocycles. The van der Waals surface area contributed by atoms with Crippen molar-refractivity contribution in [3.8, 4) is 0 Å². The quantitative estimate of drug-likeness (QED) is 0.608. The third-order valence-electron chi connectivity index (χ3n) is 2.31. The number of carbonyl (C=O) groups excluding carboxylic acids is 1. The number of aliphatic carboxylic acids is 1. The molecule has 62 valence electrons. The molecule has 3 nitrogen and oxygen atoms in total. The summed E-state index contributed by atoms with van der Waals surface area (Å²) in [5.41, 5.74) is 0. The maximum absolute atomic E-state index is 10.6. The van der Waals surface area contributed by atoms with Gasteiger partial charge in [0.05, 0.1) is 5.92 Å². The molecule has 0 unspecified atom stereocenters. The minimum atomic E-state index is -0.818. The van der Waals surface area contributed by atoms with Crippen LogP contribution in [0.15, 0.2) is 0 Å². The number of aldehydes is 1. The van der Waals surface area contributed by atoms with Gasteiger partial charge in [-0.25, -0.2) is 0 Å². The Labute approximate surface area is 65.4 Å². The van der Waals surface area contributed by atoms with E-state index in [1.807, 2.05) is 0 Å². The maximum atomic E-state index is 10.6. The summed E-state index contributed by atoms with van der Waals surface area (Å²) in [5.74, 6) is -1.47. The lowest BCUT2D eigenvalue weighted by Gasteiger charge is -2.23. The molecule has 1 rings (SSSR count). The van der Waals surface area contributed by atoms with Gasteiger partial charge in [-0.2, -0.15) is 0 Å². The van der Waals surface area contributed by atoms with E-state index in [0.29, 0.717) is 6.42 Å². The average Bonchev–Trinajstić information content (AvgIpc) is 2.04. The Morgan fingerprint density at radius 2 is 2.00 bits per heavy atom. The molecule has 1 aliphatic rings. The lowest BCUT2D eigenvalue weighted by molar-refractivity contribution is -0.146. The molecular weight excluding hydrogens is 144 g/mol. The summed E-state index contributed by atoms with van der Waals surface area (Å²) in [6.07, 6.45) is 4.14. The predicted octanol–water partition coefficient (Wildman–Crippen LogP) is 1.08. The predicted molar refractivity (Wildman–Crippen MR) is 39.1 cm³/mol. The van der Waals surface area contributed by atoms with Crippen molar-refractivity contribution in [1.29, 1.82) is 0 Å². The van der Waals surface area contributed by atoms with Gasteiger partial charge in [0.15, 0.2) is 0 Å². The highest BCUT2D eigenvalue weighted by molar-refractivity contribution is 5.75. The molecule has 2 atom stereocenters. The van der Waals surface area contributed by atoms with E-state index < -0.39 is 11.9 Å². The van der Waals surface area contributed by atoms with Crippen molar-refractivity contribution in [3.63, 3.8) is 0 Å². The summed E-state index contributed by atoms with van der Waals surface area (Å²) in [6, 6.07) is 0. The molecule has 3 heteroatoms. The minimum absolute atomic E-state index is 0.235. The molecule has 0 aromatic heterocycles. The Hall–Kier alpha value is -0.860. The van der Waals surface area contributed by atoms with Crippen molar-refractivity contribution >= 4 is 12.3 Å². The van der Waals surface area contributed by atoms with Gasteiger partial charge in [0, 0.05) is 5.92 Å². The SMILES string of the molecule is O=C[C@H]1CCCC[C@@H]1C(=O)O. The van der Waals surface area contributed by atoms with Crippen molar-refractivity contribution in [1.82, 2.24) is 0 Å². The van der Waals surface area contributed by atoms with Crippen LogP contribution in [0.5, 0.6) is 0 Å². The highest BCUT2D eigenvalue weighted by atomic mass is 16.4. The second kappa shape index (κ2) is 3.51. The zero-order chi connectivity index (χ0) is 8.27. The number of carboxylic acid groups (broad SMARTS) is 1. The van der Waals surface area contributed by atoms with E-state index in [0.717, 1.165) is 25.5 Å². The molecule has 1 saturated carbocycles. The van der Waals surface area contributed by atoms with Crippen LogP contribution in [0.25, 0.3) is 0 Å². The first-order valence-corrected chi connectivity index (χ1v) is 3.94. The normalized spacial score (nSPS) is 31.3. The Kier molecular flexibility index (Phi) is 2.63. The molecule has 0 amide bonds. The molecule has 0 spiro atoms. The summed E-state index contributed by atoms with van der Waals surface area (Å²) < 4.78 is 0. The molecule has 0 radical (unpaired) electrons. The summed E-state index contributed by atoms with van der Waals surface area (Å²) in [6.45, 7) is 0. The van der Waals surface area contributed by atoms with Gasteiger partial charge in [-0.1, -0.05) is 12.8 Å². The van der Waals surface area contributed by atoms with E-state index in [1.54, 1.807) is 0 Å². The molecule has 0 heterocycles. The van der Waals surface area contributed by atoms with E-state index in [-0.39, 0.29) is 5.92 Å². The standard InChI is InChI=1S/C8H12O3/c9-5-6-3-1-2-4-7(6)8(10)11/h5-7H,1-4H2,(H,10,11)/t6-,7+/m1/s1. The molecule has 0 aromatic rings. The summed E-state index contributed by atoms with van der Waals surface area (Å²) >= 11 is 0. The number of hydrogen-bond donors (Lipinski definition) is 1. The number of hydrogen-bond acceptors (Lipinski definition) is 2. The Balaban J connectivity index is 2.58. The van der Waals surface area contributed by atoms with E-state index in [9.17, 15) is 9.59 Å². The van der Waals surface area contributed by atoms with Crippen molar-refractivity contribution in [2.24, 2.45) is 11.8 Å². The largest absolute Gasteiger partial charge is 0.481 e. The number of carbonyl (C=O) groups is 2. The van der Waals surface area contributed by atoms with Crippen LogP contribution in [0.1, 0.15) is 25.7 Å². The topological polar surface area (TPSA) is 54.4 Å². The van der Waals surface area contributed by atoms with Gasteiger partial charge in [-0.15, -0.1) is 0 Å². The molecule has 0 saturated heterocycles. The number of rotatable bonds is 2. The van der Waals surface area contributed by atoms with Gasteiger partial charge in [0.2, 0.25) is 0 Å². The fourth-order valence-corrected chi connectivity index (χ4v) is 1.63. The van der Waals surface area contributed by atoms with Crippen molar-refractivity contribution in [2.45, 2.75) is 25.7 Å². The van der Waals surface area contributed by atoms with Gasteiger partial charge < -0.3 is 9.90 Å². The molecule has 0 aromatic carbocycles. The third kappa shape index (κ3) is 1.79. The molecule has 1 fully saturated rings. The second-order valence-electron chi connectivity index (χ2n) is 3.03. The maximum Gasteiger partial charge on any atom is 0.307 e. The van der Waals surface area contributed by atoms with E-state index in [2.05, 4.69) is 0 Å². The zero-order valence-electron chi connectivity index (χ0n) is 6.32. The fourth-order valence-electron chi connectivity index (χ4n) is 1.63. The van der Waals surface area contributed by atoms with Crippen LogP contribution in [0.4, 0.5) is 0 Å². The summed E-state index contributed by atoms with van der Waals surface area (Å²) in [4.78, 5) is 21.0. The fraction of sp³-hybridized carbons (Fsp3) is 0.750. The molecular formula is C8H12O3. The van der Waals surface area contributed by atoms with Crippen LogP contribution < -0.4 is 0 Å². The third-order valence-corrected chi connectivity index (χ3v) is 2.31.